The molecule has 2 aliphatic rings. The van der Waals surface area contributed by atoms with E-state index in [0.717, 1.165) is 55.6 Å². The van der Waals surface area contributed by atoms with Crippen LogP contribution in [0.3, 0.4) is 0 Å². The number of hydrogen-bond acceptors (Lipinski definition) is 5. The topological polar surface area (TPSA) is 111 Å². The minimum Gasteiger partial charge on any atom is -0.375 e. The lowest BCUT2D eigenvalue weighted by atomic mass is 9.78. The van der Waals surface area contributed by atoms with Crippen molar-refractivity contribution in [2.24, 2.45) is 36.6 Å². The molecule has 1 amide bonds. The third-order valence-corrected chi connectivity index (χ3v) is 11.3. The Morgan fingerprint density at radius 1 is 1.02 bits per heavy atom. The number of carbonyl (C=O) groups is 1. The average Bonchev–Trinajstić information content (AvgIpc) is 3.77. The van der Waals surface area contributed by atoms with Crippen molar-refractivity contribution in [2.75, 3.05) is 6.54 Å². The first-order valence-corrected chi connectivity index (χ1v) is 21.7. The van der Waals surface area contributed by atoms with Crippen molar-refractivity contribution in [1.82, 2.24) is 30.4 Å². The summed E-state index contributed by atoms with van der Waals surface area (Å²) in [7, 11) is 2.01. The maximum atomic E-state index is 10.5. The molecule has 1 aliphatic heterocycles. The number of piperidine rings is 1. The number of amides is 1. The van der Waals surface area contributed by atoms with E-state index in [1.165, 1.54) is 91.6 Å². The number of rotatable bonds is 18. The Balaban J connectivity index is 0.000000442. The van der Waals surface area contributed by atoms with Gasteiger partial charge in [0.05, 0.1) is 29.3 Å². The molecular weight excluding hydrogens is 667 g/mol. The second-order valence-corrected chi connectivity index (χ2v) is 16.3. The highest BCUT2D eigenvalue weighted by Crippen LogP contribution is 2.37. The molecule has 308 valence electrons. The van der Waals surface area contributed by atoms with E-state index in [1.54, 1.807) is 0 Å². The number of aromatic amines is 1. The van der Waals surface area contributed by atoms with E-state index in [4.69, 9.17) is 5.41 Å². The lowest BCUT2D eigenvalue weighted by Gasteiger charge is -2.27. The lowest BCUT2D eigenvalue weighted by Crippen LogP contribution is -2.33. The van der Waals surface area contributed by atoms with Gasteiger partial charge in [-0.25, -0.2) is 4.98 Å². The molecular formula is C46H83N7O. The highest BCUT2D eigenvalue weighted by molar-refractivity contribution is 5.96. The molecule has 8 nitrogen and oxygen atoms in total. The van der Waals surface area contributed by atoms with Crippen LogP contribution in [0.2, 0.25) is 0 Å². The first-order chi connectivity index (χ1) is 25.7. The minimum absolute atomic E-state index is 0.211. The number of aromatic nitrogens is 4. The standard InChI is InChI=1S/C20H31N5.C18H35N.C6H11NO.C2H6/c1-5-14(2)7-6-8-17(18-13-21-15(3)23-18)24-20(16-9-10-16)19-11-12-22-25(19)4;1-8-10-11-13(3)12-15(5)16(6)18(17(7)19)14(4)9-2;1-5-2-3-6(8)7-4-5;1-2/h11-14,17,24H,5-10H2,1-4H3,(H,21,23);13,15-16,19H,8-12H2,1-7H3;5H,2-4H2,1H3,(H,7,8);1-2H3. The predicted molar refractivity (Wildman–Crippen MR) is 233 cm³/mol. The number of H-pyrrole nitrogens is 1. The molecule has 2 fully saturated rings. The van der Waals surface area contributed by atoms with Gasteiger partial charge < -0.3 is 21.0 Å². The van der Waals surface area contributed by atoms with E-state index in [0.29, 0.717) is 17.8 Å². The third-order valence-electron chi connectivity index (χ3n) is 11.3. The number of hydrogen-bond donors (Lipinski definition) is 4. The van der Waals surface area contributed by atoms with E-state index in [9.17, 15) is 4.79 Å². The van der Waals surface area contributed by atoms with Crippen molar-refractivity contribution in [3.63, 3.8) is 0 Å². The van der Waals surface area contributed by atoms with Gasteiger partial charge in [0.15, 0.2) is 0 Å². The summed E-state index contributed by atoms with van der Waals surface area (Å²) < 4.78 is 1.96. The second kappa shape index (κ2) is 26.6. The molecule has 4 rings (SSSR count). The van der Waals surface area contributed by atoms with Crippen LogP contribution >= 0.6 is 0 Å². The van der Waals surface area contributed by atoms with Gasteiger partial charge in [0.1, 0.15) is 5.82 Å². The molecule has 0 radical (unpaired) electrons. The van der Waals surface area contributed by atoms with Crippen molar-refractivity contribution >= 4 is 17.3 Å². The molecule has 2 aromatic heterocycles. The summed E-state index contributed by atoms with van der Waals surface area (Å²) >= 11 is 0. The van der Waals surface area contributed by atoms with Crippen LogP contribution in [0.25, 0.3) is 5.70 Å². The number of nitrogens with zero attached hydrogens (tertiary/aromatic N) is 3. The van der Waals surface area contributed by atoms with E-state index in [1.807, 2.05) is 51.8 Å². The lowest BCUT2D eigenvalue weighted by molar-refractivity contribution is -0.122. The molecule has 6 atom stereocenters. The summed E-state index contributed by atoms with van der Waals surface area (Å²) in [6.07, 6.45) is 19.2. The first-order valence-electron chi connectivity index (χ1n) is 21.7. The van der Waals surface area contributed by atoms with Crippen LogP contribution in [0, 0.1) is 41.9 Å². The number of imidazole rings is 1. The fourth-order valence-electron chi connectivity index (χ4n) is 7.15. The van der Waals surface area contributed by atoms with E-state index < -0.39 is 0 Å². The minimum atomic E-state index is 0.211. The molecule has 8 heteroatoms. The Morgan fingerprint density at radius 2 is 1.69 bits per heavy atom. The number of allylic oxidation sites excluding steroid dienone is 3. The predicted octanol–water partition coefficient (Wildman–Crippen LogP) is 12.3. The zero-order chi connectivity index (χ0) is 40.8. The molecule has 4 N–H and O–H groups in total. The normalized spacial score (nSPS) is 18.1. The Morgan fingerprint density at radius 3 is 2.15 bits per heavy atom. The molecule has 0 bridgehead atoms. The summed E-state index contributed by atoms with van der Waals surface area (Å²) in [5, 5.41) is 19.0. The second-order valence-electron chi connectivity index (χ2n) is 16.3. The molecule has 3 heterocycles. The Hall–Kier alpha value is -3.16. The van der Waals surface area contributed by atoms with Crippen molar-refractivity contribution in [3.8, 4) is 0 Å². The third kappa shape index (κ3) is 18.0. The molecule has 1 saturated heterocycles. The molecule has 54 heavy (non-hydrogen) atoms. The van der Waals surface area contributed by atoms with Crippen LogP contribution in [0.15, 0.2) is 35.2 Å². The van der Waals surface area contributed by atoms with Gasteiger partial charge in [0.25, 0.3) is 0 Å². The number of unbranched alkanes of at least 4 members (excludes halogenated alkanes) is 1. The van der Waals surface area contributed by atoms with Gasteiger partial charge in [-0.05, 0) is 106 Å². The molecule has 1 aliphatic carbocycles. The summed E-state index contributed by atoms with van der Waals surface area (Å²) in [6.45, 7) is 29.3. The highest BCUT2D eigenvalue weighted by atomic mass is 16.1. The quantitative estimate of drug-likeness (QED) is 0.114. The average molecular weight is 750 g/mol. The van der Waals surface area contributed by atoms with Crippen molar-refractivity contribution in [2.45, 2.75) is 180 Å². The van der Waals surface area contributed by atoms with Gasteiger partial charge in [0, 0.05) is 31.9 Å². The van der Waals surface area contributed by atoms with Gasteiger partial charge in [-0.2, -0.15) is 5.10 Å². The Bertz CT molecular complexity index is 1400. The zero-order valence-electron chi connectivity index (χ0n) is 37.3. The zero-order valence-corrected chi connectivity index (χ0v) is 37.3. The number of aryl methyl sites for hydroxylation is 2. The maximum absolute atomic E-state index is 10.5. The fraction of sp³-hybridized carbons (Fsp3) is 0.739. The van der Waals surface area contributed by atoms with Gasteiger partial charge in [-0.15, -0.1) is 0 Å². The summed E-state index contributed by atoms with van der Waals surface area (Å²) in [6, 6.07) is 2.37. The highest BCUT2D eigenvalue weighted by Gasteiger charge is 2.25. The molecule has 0 spiro atoms. The monoisotopic (exact) mass is 750 g/mol. The fourth-order valence-corrected chi connectivity index (χ4v) is 7.15. The van der Waals surface area contributed by atoms with Gasteiger partial charge >= 0.3 is 0 Å². The Labute approximate surface area is 332 Å². The SMILES string of the molecule is CC.CC1CCC(=O)NC1.CCC(C)CCCC(NC(=C1CC1)c1ccnn1C)c1cnc(C)[nH]1.CCCCC(C)CC(C)C(C)C(C(C)=N)=C(C)CC. The smallest absolute Gasteiger partial charge is 0.220 e. The van der Waals surface area contributed by atoms with Gasteiger partial charge in [-0.1, -0.05) is 113 Å². The maximum Gasteiger partial charge on any atom is 0.220 e. The van der Waals surface area contributed by atoms with Crippen LogP contribution in [-0.4, -0.2) is 37.9 Å². The van der Waals surface area contributed by atoms with Crippen LogP contribution in [0.5, 0.6) is 0 Å². The number of nitrogens with one attached hydrogen (secondary N) is 4. The van der Waals surface area contributed by atoms with Crippen LogP contribution < -0.4 is 10.6 Å². The number of carbonyl (C=O) groups excluding carboxylic acids is 1. The van der Waals surface area contributed by atoms with Crippen molar-refractivity contribution in [3.05, 3.63) is 52.4 Å². The first kappa shape index (κ1) is 48.9. The van der Waals surface area contributed by atoms with Crippen LogP contribution in [0.4, 0.5) is 0 Å². The van der Waals surface area contributed by atoms with Gasteiger partial charge in [0.2, 0.25) is 5.91 Å². The van der Waals surface area contributed by atoms with E-state index in [-0.39, 0.29) is 11.9 Å². The van der Waals surface area contributed by atoms with Crippen LogP contribution in [-0.2, 0) is 11.8 Å². The molecule has 2 aromatic rings. The molecule has 6 unspecified atom stereocenters. The van der Waals surface area contributed by atoms with Crippen LogP contribution in [0.1, 0.15) is 190 Å². The molecule has 1 saturated carbocycles. The van der Waals surface area contributed by atoms with E-state index >= 15 is 0 Å². The van der Waals surface area contributed by atoms with E-state index in [2.05, 4.69) is 94.1 Å². The van der Waals surface area contributed by atoms with Crippen molar-refractivity contribution < 1.29 is 4.79 Å². The van der Waals surface area contributed by atoms with Crippen molar-refractivity contribution in [1.29, 1.82) is 5.41 Å². The largest absolute Gasteiger partial charge is 0.375 e. The van der Waals surface area contributed by atoms with Gasteiger partial charge in [-0.3, -0.25) is 9.48 Å². The summed E-state index contributed by atoms with van der Waals surface area (Å²) in [4.78, 5) is 18.3. The summed E-state index contributed by atoms with van der Waals surface area (Å²) in [5.41, 5.74) is 8.59. The Kier molecular flexibility index (Phi) is 24.1. The molecule has 0 aromatic carbocycles. The summed E-state index contributed by atoms with van der Waals surface area (Å²) in [5.74, 6) is 4.67.